The molecule has 3 rings (SSSR count). The lowest BCUT2D eigenvalue weighted by Crippen LogP contribution is -2.41. The fourth-order valence-corrected chi connectivity index (χ4v) is 2.93. The third-order valence-electron chi connectivity index (χ3n) is 4.05. The van der Waals surface area contributed by atoms with Gasteiger partial charge in [-0.15, -0.1) is 0 Å². The van der Waals surface area contributed by atoms with E-state index in [-0.39, 0.29) is 12.0 Å². The highest BCUT2D eigenvalue weighted by molar-refractivity contribution is 6.00. The summed E-state index contributed by atoms with van der Waals surface area (Å²) in [5.41, 5.74) is 8.04. The summed E-state index contributed by atoms with van der Waals surface area (Å²) >= 11 is 0. The Morgan fingerprint density at radius 3 is 2.86 bits per heavy atom. The Labute approximate surface area is 124 Å². The van der Waals surface area contributed by atoms with Gasteiger partial charge in [0.15, 0.2) is 0 Å². The van der Waals surface area contributed by atoms with Crippen molar-refractivity contribution in [3.8, 4) is 0 Å². The molecule has 0 unspecified atom stereocenters. The number of aromatic nitrogens is 1. The van der Waals surface area contributed by atoms with Crippen molar-refractivity contribution in [1.82, 2.24) is 9.88 Å². The lowest BCUT2D eigenvalue weighted by Gasteiger charge is -2.31. The second-order valence-corrected chi connectivity index (χ2v) is 5.44. The molecule has 0 bridgehead atoms. The van der Waals surface area contributed by atoms with E-state index in [2.05, 4.69) is 4.98 Å². The highest BCUT2D eigenvalue weighted by Crippen LogP contribution is 2.23. The lowest BCUT2D eigenvalue weighted by molar-refractivity contribution is 0.0144. The second kappa shape index (κ2) is 5.77. The fraction of sp³-hybridized carbons (Fsp3) is 0.438. The van der Waals surface area contributed by atoms with Crippen molar-refractivity contribution in [1.29, 1.82) is 0 Å². The van der Waals surface area contributed by atoms with E-state index < -0.39 is 0 Å². The van der Waals surface area contributed by atoms with Crippen LogP contribution in [0.4, 0.5) is 5.69 Å². The number of nitrogen functional groups attached to an aromatic ring is 1. The van der Waals surface area contributed by atoms with Crippen molar-refractivity contribution in [3.05, 3.63) is 30.0 Å². The number of nitrogens with one attached hydrogen (secondary N) is 1. The lowest BCUT2D eigenvalue weighted by atomic mass is 10.1. The Morgan fingerprint density at radius 2 is 2.19 bits per heavy atom. The average Bonchev–Trinajstić information content (AvgIpc) is 2.93. The van der Waals surface area contributed by atoms with Gasteiger partial charge in [-0.2, -0.15) is 0 Å². The van der Waals surface area contributed by atoms with Crippen LogP contribution in [-0.2, 0) is 4.74 Å². The van der Waals surface area contributed by atoms with Crippen LogP contribution in [0.15, 0.2) is 24.3 Å². The molecule has 3 N–H and O–H groups in total. The number of ether oxygens (including phenoxy) is 1. The third-order valence-corrected chi connectivity index (χ3v) is 4.05. The first-order chi connectivity index (χ1) is 10.2. The van der Waals surface area contributed by atoms with Crippen LogP contribution >= 0.6 is 0 Å². The maximum Gasteiger partial charge on any atom is 0.270 e. The van der Waals surface area contributed by atoms with Crippen LogP contribution < -0.4 is 5.73 Å². The number of benzene rings is 1. The van der Waals surface area contributed by atoms with E-state index in [9.17, 15) is 4.79 Å². The zero-order valence-corrected chi connectivity index (χ0v) is 12.3. The standard InChI is InChI=1S/C16H21N3O2/c1-2-21-12-6-8-19(9-7-12)16(20)14-10-11-4-3-5-13(17)15(11)18-14/h3-5,10,12,18H,2,6-9,17H2,1H3. The zero-order chi connectivity index (χ0) is 14.8. The third kappa shape index (κ3) is 2.74. The minimum Gasteiger partial charge on any atom is -0.397 e. The number of H-pyrrole nitrogens is 1. The van der Waals surface area contributed by atoms with Crippen LogP contribution in [0, 0.1) is 0 Å². The predicted molar refractivity (Wildman–Crippen MR) is 83.3 cm³/mol. The highest BCUT2D eigenvalue weighted by Gasteiger charge is 2.24. The molecule has 0 atom stereocenters. The van der Waals surface area contributed by atoms with E-state index in [1.807, 2.05) is 36.1 Å². The number of hydrogen-bond acceptors (Lipinski definition) is 3. The van der Waals surface area contributed by atoms with Gasteiger partial charge in [0.1, 0.15) is 5.69 Å². The number of piperidine rings is 1. The van der Waals surface area contributed by atoms with Gasteiger partial charge in [0.05, 0.1) is 17.3 Å². The highest BCUT2D eigenvalue weighted by atomic mass is 16.5. The topological polar surface area (TPSA) is 71.3 Å². The summed E-state index contributed by atoms with van der Waals surface area (Å²) in [7, 11) is 0. The van der Waals surface area contributed by atoms with Crippen molar-refractivity contribution in [3.63, 3.8) is 0 Å². The van der Waals surface area contributed by atoms with Crippen LogP contribution in [0.1, 0.15) is 30.3 Å². The molecule has 1 aromatic heterocycles. The fourth-order valence-electron chi connectivity index (χ4n) is 2.93. The van der Waals surface area contributed by atoms with Gasteiger partial charge in [0, 0.05) is 25.1 Å². The molecule has 1 amide bonds. The summed E-state index contributed by atoms with van der Waals surface area (Å²) in [6, 6.07) is 7.57. The SMILES string of the molecule is CCOC1CCN(C(=O)c2cc3cccc(N)c3[nH]2)CC1. The molecule has 1 aromatic carbocycles. The van der Waals surface area contributed by atoms with Gasteiger partial charge >= 0.3 is 0 Å². The van der Waals surface area contributed by atoms with Crippen LogP contribution in [0.5, 0.6) is 0 Å². The molecule has 2 heterocycles. The molecular weight excluding hydrogens is 266 g/mol. The molecule has 5 heteroatoms. The minimum atomic E-state index is 0.0422. The summed E-state index contributed by atoms with van der Waals surface area (Å²) in [5, 5.41) is 0.975. The minimum absolute atomic E-state index is 0.0422. The Kier molecular flexibility index (Phi) is 3.84. The molecule has 1 aliphatic rings. The summed E-state index contributed by atoms with van der Waals surface area (Å²) in [6.45, 7) is 4.23. The average molecular weight is 287 g/mol. The van der Waals surface area contributed by atoms with Gasteiger partial charge in [0.25, 0.3) is 5.91 Å². The van der Waals surface area contributed by atoms with Crippen molar-refractivity contribution >= 4 is 22.5 Å². The quantitative estimate of drug-likeness (QED) is 0.851. The Hall–Kier alpha value is -2.01. The number of hydrogen-bond donors (Lipinski definition) is 2. The van der Waals surface area contributed by atoms with E-state index in [0.29, 0.717) is 11.4 Å². The van der Waals surface area contributed by atoms with E-state index in [1.54, 1.807) is 0 Å². The van der Waals surface area contributed by atoms with E-state index in [1.165, 1.54) is 0 Å². The van der Waals surface area contributed by atoms with Crippen molar-refractivity contribution < 1.29 is 9.53 Å². The molecule has 1 saturated heterocycles. The van der Waals surface area contributed by atoms with Gasteiger partial charge < -0.3 is 20.4 Å². The summed E-state index contributed by atoms with van der Waals surface area (Å²) in [4.78, 5) is 17.6. The van der Waals surface area contributed by atoms with E-state index >= 15 is 0 Å². The number of carbonyl (C=O) groups excluding carboxylic acids is 1. The van der Waals surface area contributed by atoms with E-state index in [4.69, 9.17) is 10.5 Å². The number of anilines is 1. The number of rotatable bonds is 3. The van der Waals surface area contributed by atoms with Gasteiger partial charge in [0.2, 0.25) is 0 Å². The number of nitrogens with zero attached hydrogens (tertiary/aromatic N) is 1. The van der Waals surface area contributed by atoms with Gasteiger partial charge in [-0.1, -0.05) is 12.1 Å². The molecule has 21 heavy (non-hydrogen) atoms. The van der Waals surface area contributed by atoms with Crippen molar-refractivity contribution in [2.45, 2.75) is 25.9 Å². The van der Waals surface area contributed by atoms with Gasteiger partial charge in [-0.25, -0.2) is 0 Å². The maximum atomic E-state index is 12.6. The van der Waals surface area contributed by atoms with Crippen molar-refractivity contribution in [2.75, 3.05) is 25.4 Å². The molecule has 5 nitrogen and oxygen atoms in total. The molecule has 2 aromatic rings. The Morgan fingerprint density at radius 1 is 1.43 bits per heavy atom. The van der Waals surface area contributed by atoms with Crippen LogP contribution in [0.3, 0.4) is 0 Å². The van der Waals surface area contributed by atoms with Crippen LogP contribution in [0.2, 0.25) is 0 Å². The summed E-state index contributed by atoms with van der Waals surface area (Å²) < 4.78 is 5.62. The van der Waals surface area contributed by atoms with Crippen LogP contribution in [0.25, 0.3) is 10.9 Å². The van der Waals surface area contributed by atoms with E-state index in [0.717, 1.165) is 43.4 Å². The first-order valence-electron chi connectivity index (χ1n) is 7.47. The number of fused-ring (bicyclic) bond motifs is 1. The number of carbonyl (C=O) groups is 1. The number of aromatic amines is 1. The number of nitrogens with two attached hydrogens (primary N) is 1. The monoisotopic (exact) mass is 287 g/mol. The van der Waals surface area contributed by atoms with Crippen LogP contribution in [-0.4, -0.2) is 41.6 Å². The van der Waals surface area contributed by atoms with Gasteiger partial charge in [-0.05, 0) is 31.9 Å². The molecule has 0 saturated carbocycles. The normalized spacial score (nSPS) is 16.5. The molecule has 112 valence electrons. The molecule has 1 aliphatic heterocycles. The zero-order valence-electron chi connectivity index (χ0n) is 12.3. The first-order valence-corrected chi connectivity index (χ1v) is 7.47. The second-order valence-electron chi connectivity index (χ2n) is 5.44. The molecule has 0 aliphatic carbocycles. The molecule has 0 radical (unpaired) electrons. The van der Waals surface area contributed by atoms with Gasteiger partial charge in [-0.3, -0.25) is 4.79 Å². The molecule has 0 spiro atoms. The number of likely N-dealkylation sites (tertiary alicyclic amines) is 1. The molecule has 1 fully saturated rings. The van der Waals surface area contributed by atoms with Crippen molar-refractivity contribution in [2.24, 2.45) is 0 Å². The predicted octanol–water partition coefficient (Wildman–Crippen LogP) is 2.39. The Balaban J connectivity index is 1.74. The number of para-hydroxylation sites is 1. The summed E-state index contributed by atoms with van der Waals surface area (Å²) in [5.74, 6) is 0.0422. The molecular formula is C16H21N3O2. The Bertz CT molecular complexity index is 642. The largest absolute Gasteiger partial charge is 0.397 e. The summed E-state index contributed by atoms with van der Waals surface area (Å²) in [6.07, 6.45) is 2.10. The smallest absolute Gasteiger partial charge is 0.270 e. The number of amides is 1. The first kappa shape index (κ1) is 13.9. The maximum absolute atomic E-state index is 12.6.